The first-order chi connectivity index (χ1) is 8.22. The van der Waals surface area contributed by atoms with Crippen LogP contribution in [0.1, 0.15) is 49.8 Å². The fraction of sp³-hybridized carbons (Fsp3) is 0.571. The Kier molecular flexibility index (Phi) is 3.89. The van der Waals surface area contributed by atoms with Gasteiger partial charge in [-0.05, 0) is 37.3 Å². The third-order valence-electron chi connectivity index (χ3n) is 3.57. The number of aromatic nitrogens is 1. The average Bonchev–Trinajstić information content (AvgIpc) is 2.37. The monoisotopic (exact) mass is 232 g/mol. The fourth-order valence-corrected chi connectivity index (χ4v) is 2.47. The van der Waals surface area contributed by atoms with E-state index in [-0.39, 0.29) is 17.7 Å². The molecule has 1 aliphatic carbocycles. The van der Waals surface area contributed by atoms with Crippen molar-refractivity contribution in [2.45, 2.75) is 51.0 Å². The molecule has 1 aromatic heterocycles. The van der Waals surface area contributed by atoms with E-state index < -0.39 is 0 Å². The summed E-state index contributed by atoms with van der Waals surface area (Å²) in [6.07, 6.45) is 6.18. The molecule has 2 rings (SSSR count). The molecule has 1 aliphatic rings. The van der Waals surface area contributed by atoms with E-state index in [9.17, 15) is 4.79 Å². The van der Waals surface area contributed by atoms with Crippen molar-refractivity contribution >= 4 is 5.78 Å². The van der Waals surface area contributed by atoms with E-state index in [0.29, 0.717) is 6.42 Å². The number of hydrogen-bond acceptors (Lipinski definition) is 3. The van der Waals surface area contributed by atoms with Gasteiger partial charge in [0, 0.05) is 18.7 Å². The van der Waals surface area contributed by atoms with Crippen LogP contribution in [0.2, 0.25) is 0 Å². The number of rotatable bonds is 4. The maximum absolute atomic E-state index is 12.2. The number of pyridine rings is 1. The Morgan fingerprint density at radius 3 is 3.24 bits per heavy atom. The van der Waals surface area contributed by atoms with E-state index in [2.05, 4.69) is 11.1 Å². The number of nitrogens with two attached hydrogens (primary N) is 1. The molecule has 0 aromatic carbocycles. The van der Waals surface area contributed by atoms with Crippen molar-refractivity contribution in [3.8, 4) is 0 Å². The molecule has 0 fully saturated rings. The molecule has 3 heteroatoms. The number of hydrogen-bond donors (Lipinski definition) is 1. The highest BCUT2D eigenvalue weighted by atomic mass is 16.1. The van der Waals surface area contributed by atoms with Crippen LogP contribution in [-0.4, -0.2) is 16.8 Å². The number of aryl methyl sites for hydroxylation is 1. The summed E-state index contributed by atoms with van der Waals surface area (Å²) in [7, 11) is 0. The first-order valence-electron chi connectivity index (χ1n) is 6.44. The molecule has 1 aromatic rings. The third-order valence-corrected chi connectivity index (χ3v) is 3.57. The Balaban J connectivity index is 2.15. The number of fused-ring (bicyclic) bond motifs is 1. The predicted octanol–water partition coefficient (Wildman–Crippen LogP) is 2.20. The van der Waals surface area contributed by atoms with Crippen molar-refractivity contribution < 1.29 is 4.79 Å². The Morgan fingerprint density at radius 1 is 1.65 bits per heavy atom. The van der Waals surface area contributed by atoms with Gasteiger partial charge in [0.05, 0.1) is 11.6 Å². The molecule has 3 nitrogen and oxygen atoms in total. The third kappa shape index (κ3) is 2.72. The van der Waals surface area contributed by atoms with Crippen molar-refractivity contribution in [3.63, 3.8) is 0 Å². The smallest absolute Gasteiger partial charge is 0.143 e. The summed E-state index contributed by atoms with van der Waals surface area (Å²) in [5.41, 5.74) is 8.09. The van der Waals surface area contributed by atoms with E-state index in [1.54, 1.807) is 6.20 Å². The van der Waals surface area contributed by atoms with Gasteiger partial charge in [-0.2, -0.15) is 0 Å². The van der Waals surface area contributed by atoms with Crippen LogP contribution in [0.5, 0.6) is 0 Å². The lowest BCUT2D eigenvalue weighted by atomic mass is 9.82. The number of carbonyl (C=O) groups excluding carboxylic acids is 1. The van der Waals surface area contributed by atoms with Gasteiger partial charge in [-0.3, -0.25) is 9.78 Å². The van der Waals surface area contributed by atoms with Crippen molar-refractivity contribution in [1.82, 2.24) is 4.98 Å². The number of nitrogens with zero attached hydrogens (tertiary/aromatic N) is 1. The molecule has 0 bridgehead atoms. The topological polar surface area (TPSA) is 56.0 Å². The number of Topliss-reactive ketones (excluding diaryl/α,β-unsaturated/α-hetero) is 1. The van der Waals surface area contributed by atoms with Crippen LogP contribution in [0.3, 0.4) is 0 Å². The highest BCUT2D eigenvalue weighted by molar-refractivity contribution is 5.86. The zero-order chi connectivity index (χ0) is 12.3. The van der Waals surface area contributed by atoms with E-state index in [1.165, 1.54) is 5.56 Å². The Bertz CT molecular complexity index is 403. The minimum absolute atomic E-state index is 0.00316. The van der Waals surface area contributed by atoms with Gasteiger partial charge >= 0.3 is 0 Å². The summed E-state index contributed by atoms with van der Waals surface area (Å²) < 4.78 is 0. The van der Waals surface area contributed by atoms with Crippen LogP contribution in [0.15, 0.2) is 18.3 Å². The van der Waals surface area contributed by atoms with Gasteiger partial charge in [0.25, 0.3) is 0 Å². The van der Waals surface area contributed by atoms with Crippen LogP contribution in [-0.2, 0) is 11.2 Å². The maximum Gasteiger partial charge on any atom is 0.143 e. The molecule has 0 amide bonds. The summed E-state index contributed by atoms with van der Waals surface area (Å²) in [6.45, 7) is 2.02. The average molecular weight is 232 g/mol. The van der Waals surface area contributed by atoms with Gasteiger partial charge in [-0.1, -0.05) is 13.0 Å². The molecular weight excluding hydrogens is 212 g/mol. The van der Waals surface area contributed by atoms with Crippen LogP contribution >= 0.6 is 0 Å². The molecular formula is C14H20N2O. The lowest BCUT2D eigenvalue weighted by Gasteiger charge is -2.24. The number of ketones is 1. The second kappa shape index (κ2) is 5.41. The van der Waals surface area contributed by atoms with Crippen molar-refractivity contribution in [2.24, 2.45) is 5.73 Å². The van der Waals surface area contributed by atoms with Crippen molar-refractivity contribution in [1.29, 1.82) is 0 Å². The minimum Gasteiger partial charge on any atom is -0.327 e. The molecule has 0 spiro atoms. The van der Waals surface area contributed by atoms with Gasteiger partial charge in [-0.15, -0.1) is 0 Å². The molecule has 2 N–H and O–H groups in total. The quantitative estimate of drug-likeness (QED) is 0.865. The number of carbonyl (C=O) groups is 1. The Labute approximate surface area is 102 Å². The summed E-state index contributed by atoms with van der Waals surface area (Å²) in [6, 6.07) is 4.03. The fourth-order valence-electron chi connectivity index (χ4n) is 2.47. The molecule has 2 atom stereocenters. The SMILES string of the molecule is CCC(N)CC(=O)C1CCCc2cccnc21. The van der Waals surface area contributed by atoms with Gasteiger partial charge in [0.15, 0.2) is 0 Å². The van der Waals surface area contributed by atoms with Crippen LogP contribution in [0.4, 0.5) is 0 Å². The summed E-state index contributed by atoms with van der Waals surface area (Å²) in [5.74, 6) is 0.247. The Morgan fingerprint density at radius 2 is 2.47 bits per heavy atom. The normalized spacial score (nSPS) is 20.7. The lowest BCUT2D eigenvalue weighted by Crippen LogP contribution is -2.28. The van der Waals surface area contributed by atoms with Crippen LogP contribution in [0, 0.1) is 0 Å². The molecule has 0 saturated heterocycles. The predicted molar refractivity (Wildman–Crippen MR) is 67.8 cm³/mol. The molecule has 92 valence electrons. The molecule has 0 saturated carbocycles. The van der Waals surface area contributed by atoms with E-state index >= 15 is 0 Å². The molecule has 17 heavy (non-hydrogen) atoms. The molecule has 1 heterocycles. The summed E-state index contributed by atoms with van der Waals surface area (Å²) >= 11 is 0. The Hall–Kier alpha value is -1.22. The van der Waals surface area contributed by atoms with Gasteiger partial charge in [0.2, 0.25) is 0 Å². The van der Waals surface area contributed by atoms with Crippen LogP contribution < -0.4 is 5.73 Å². The van der Waals surface area contributed by atoms with Crippen molar-refractivity contribution in [3.05, 3.63) is 29.6 Å². The second-order valence-electron chi connectivity index (χ2n) is 4.83. The highest BCUT2D eigenvalue weighted by Crippen LogP contribution is 2.31. The zero-order valence-electron chi connectivity index (χ0n) is 10.4. The van der Waals surface area contributed by atoms with Gasteiger partial charge in [0.1, 0.15) is 5.78 Å². The lowest BCUT2D eigenvalue weighted by molar-refractivity contribution is -0.121. The van der Waals surface area contributed by atoms with E-state index in [1.807, 2.05) is 13.0 Å². The van der Waals surface area contributed by atoms with E-state index in [4.69, 9.17) is 5.73 Å². The van der Waals surface area contributed by atoms with Crippen LogP contribution in [0.25, 0.3) is 0 Å². The minimum atomic E-state index is -0.0162. The molecule has 0 aliphatic heterocycles. The highest BCUT2D eigenvalue weighted by Gasteiger charge is 2.27. The second-order valence-corrected chi connectivity index (χ2v) is 4.83. The van der Waals surface area contributed by atoms with E-state index in [0.717, 1.165) is 31.4 Å². The van der Waals surface area contributed by atoms with Gasteiger partial charge in [-0.25, -0.2) is 0 Å². The summed E-state index contributed by atoms with van der Waals surface area (Å²) in [5, 5.41) is 0. The first kappa shape index (κ1) is 12.2. The first-order valence-corrected chi connectivity index (χ1v) is 6.44. The van der Waals surface area contributed by atoms with Crippen molar-refractivity contribution in [2.75, 3.05) is 0 Å². The standard InChI is InChI=1S/C14H20N2O/c1-2-11(15)9-13(17)12-7-3-5-10-6-4-8-16-14(10)12/h4,6,8,11-12H,2-3,5,7,9,15H2,1H3. The molecule has 2 unspecified atom stereocenters. The molecule has 0 radical (unpaired) electrons. The largest absolute Gasteiger partial charge is 0.327 e. The summed E-state index contributed by atoms with van der Waals surface area (Å²) in [4.78, 5) is 16.6. The van der Waals surface area contributed by atoms with Gasteiger partial charge < -0.3 is 5.73 Å². The maximum atomic E-state index is 12.2. The zero-order valence-corrected chi connectivity index (χ0v) is 10.4.